The van der Waals surface area contributed by atoms with Gasteiger partial charge in [-0.1, -0.05) is 47.7 Å². The zero-order valence-electron chi connectivity index (χ0n) is 16.7. The first-order chi connectivity index (χ1) is 13.4. The van der Waals surface area contributed by atoms with E-state index in [1.807, 2.05) is 45.0 Å². The van der Waals surface area contributed by atoms with Crippen molar-refractivity contribution < 1.29 is 9.21 Å². The standard InChI is InChI=1S/C22H25N3O2S/c1-14-12-16(3)20(17(4)13-14)23-19(26)10-7-11-28-22-25-24-21(27-22)18-9-6-5-8-15(18)2/h5-6,8-9,12-13H,7,10-11H2,1-4H3,(H,23,26). The third kappa shape index (κ3) is 5.01. The van der Waals surface area contributed by atoms with Gasteiger partial charge in [0.2, 0.25) is 11.8 Å². The van der Waals surface area contributed by atoms with Crippen molar-refractivity contribution in [3.63, 3.8) is 0 Å². The molecule has 0 aliphatic rings. The van der Waals surface area contributed by atoms with Crippen molar-refractivity contribution in [2.75, 3.05) is 11.1 Å². The molecule has 0 radical (unpaired) electrons. The number of carbonyl (C=O) groups is 1. The van der Waals surface area contributed by atoms with Crippen LogP contribution in [0.4, 0.5) is 5.69 Å². The fourth-order valence-electron chi connectivity index (χ4n) is 3.16. The number of hydrogen-bond acceptors (Lipinski definition) is 5. The van der Waals surface area contributed by atoms with Crippen LogP contribution < -0.4 is 5.32 Å². The number of amides is 1. The lowest BCUT2D eigenvalue weighted by Gasteiger charge is -2.12. The highest BCUT2D eigenvalue weighted by Gasteiger charge is 2.12. The molecule has 3 aromatic rings. The van der Waals surface area contributed by atoms with E-state index in [1.165, 1.54) is 17.3 Å². The maximum absolute atomic E-state index is 12.3. The van der Waals surface area contributed by atoms with Crippen LogP contribution in [-0.2, 0) is 4.79 Å². The van der Waals surface area contributed by atoms with Crippen LogP contribution in [0.15, 0.2) is 46.0 Å². The van der Waals surface area contributed by atoms with Crippen LogP contribution in [0.2, 0.25) is 0 Å². The molecule has 0 aliphatic heterocycles. The molecule has 5 nitrogen and oxygen atoms in total. The minimum Gasteiger partial charge on any atom is -0.411 e. The van der Waals surface area contributed by atoms with E-state index in [0.29, 0.717) is 17.5 Å². The molecule has 6 heteroatoms. The molecule has 0 aliphatic carbocycles. The fourth-order valence-corrected chi connectivity index (χ4v) is 3.86. The van der Waals surface area contributed by atoms with Gasteiger partial charge in [-0.2, -0.15) is 0 Å². The molecule has 146 valence electrons. The number of thioether (sulfide) groups is 1. The molecule has 0 unspecified atom stereocenters. The van der Waals surface area contributed by atoms with Crippen molar-refractivity contribution in [3.8, 4) is 11.5 Å². The van der Waals surface area contributed by atoms with Crippen molar-refractivity contribution in [1.82, 2.24) is 10.2 Å². The van der Waals surface area contributed by atoms with E-state index < -0.39 is 0 Å². The summed E-state index contributed by atoms with van der Waals surface area (Å²) in [5.74, 6) is 1.31. The number of aryl methyl sites for hydroxylation is 4. The summed E-state index contributed by atoms with van der Waals surface area (Å²) in [6.07, 6.45) is 1.20. The van der Waals surface area contributed by atoms with Crippen LogP contribution in [0.25, 0.3) is 11.5 Å². The molecule has 0 spiro atoms. The van der Waals surface area contributed by atoms with Gasteiger partial charge in [0.05, 0.1) is 0 Å². The molecule has 28 heavy (non-hydrogen) atoms. The zero-order valence-corrected chi connectivity index (χ0v) is 17.5. The Morgan fingerprint density at radius 1 is 1.04 bits per heavy atom. The van der Waals surface area contributed by atoms with E-state index in [9.17, 15) is 4.79 Å². The Bertz CT molecular complexity index is 958. The van der Waals surface area contributed by atoms with Crippen molar-refractivity contribution in [3.05, 3.63) is 58.7 Å². The Morgan fingerprint density at radius 3 is 2.46 bits per heavy atom. The van der Waals surface area contributed by atoms with E-state index in [2.05, 4.69) is 34.6 Å². The lowest BCUT2D eigenvalue weighted by molar-refractivity contribution is -0.116. The highest BCUT2D eigenvalue weighted by Crippen LogP contribution is 2.26. The third-order valence-corrected chi connectivity index (χ3v) is 5.40. The second kappa shape index (κ2) is 9.06. The summed E-state index contributed by atoms with van der Waals surface area (Å²) in [5.41, 5.74) is 6.35. The van der Waals surface area contributed by atoms with Gasteiger partial charge in [0.25, 0.3) is 5.22 Å². The third-order valence-electron chi connectivity index (χ3n) is 4.50. The van der Waals surface area contributed by atoms with Gasteiger partial charge in [0.15, 0.2) is 0 Å². The van der Waals surface area contributed by atoms with E-state index in [-0.39, 0.29) is 5.91 Å². The number of anilines is 1. The number of hydrogen-bond donors (Lipinski definition) is 1. The summed E-state index contributed by atoms with van der Waals surface area (Å²) in [6, 6.07) is 12.1. The molecule has 3 rings (SSSR count). The molecular weight excluding hydrogens is 370 g/mol. The van der Waals surface area contributed by atoms with Crippen LogP contribution in [-0.4, -0.2) is 21.9 Å². The van der Waals surface area contributed by atoms with Gasteiger partial charge >= 0.3 is 0 Å². The molecular formula is C22H25N3O2S. The molecule has 2 aromatic carbocycles. The predicted octanol–water partition coefficient (Wildman–Crippen LogP) is 5.48. The molecule has 0 atom stereocenters. The molecule has 1 N–H and O–H groups in total. The number of nitrogens with one attached hydrogen (secondary N) is 1. The Morgan fingerprint density at radius 2 is 1.75 bits per heavy atom. The Hall–Kier alpha value is -2.60. The molecule has 0 bridgehead atoms. The highest BCUT2D eigenvalue weighted by atomic mass is 32.2. The lowest BCUT2D eigenvalue weighted by atomic mass is 10.0. The normalized spacial score (nSPS) is 10.9. The maximum atomic E-state index is 12.3. The quantitative estimate of drug-likeness (QED) is 0.424. The summed E-state index contributed by atoms with van der Waals surface area (Å²) in [7, 11) is 0. The van der Waals surface area contributed by atoms with E-state index in [0.717, 1.165) is 40.1 Å². The molecule has 1 aromatic heterocycles. The van der Waals surface area contributed by atoms with Crippen LogP contribution in [0.5, 0.6) is 0 Å². The first-order valence-electron chi connectivity index (χ1n) is 9.34. The van der Waals surface area contributed by atoms with Crippen molar-refractivity contribution in [2.24, 2.45) is 0 Å². The topological polar surface area (TPSA) is 68.0 Å². The van der Waals surface area contributed by atoms with Gasteiger partial charge < -0.3 is 9.73 Å². The summed E-state index contributed by atoms with van der Waals surface area (Å²) >= 11 is 1.48. The second-order valence-electron chi connectivity index (χ2n) is 6.96. The minimum atomic E-state index is 0.0294. The number of aromatic nitrogens is 2. The molecule has 1 amide bonds. The molecule has 0 saturated carbocycles. The van der Waals surface area contributed by atoms with Gasteiger partial charge in [-0.25, -0.2) is 0 Å². The van der Waals surface area contributed by atoms with Crippen LogP contribution in [0.1, 0.15) is 35.1 Å². The molecule has 0 fully saturated rings. The molecule has 1 heterocycles. The summed E-state index contributed by atoms with van der Waals surface area (Å²) in [4.78, 5) is 12.3. The minimum absolute atomic E-state index is 0.0294. The van der Waals surface area contributed by atoms with Gasteiger partial charge in [-0.3, -0.25) is 4.79 Å². The monoisotopic (exact) mass is 395 g/mol. The first-order valence-corrected chi connectivity index (χ1v) is 10.3. The van der Waals surface area contributed by atoms with E-state index in [4.69, 9.17) is 4.42 Å². The maximum Gasteiger partial charge on any atom is 0.276 e. The van der Waals surface area contributed by atoms with Crippen LogP contribution >= 0.6 is 11.8 Å². The van der Waals surface area contributed by atoms with E-state index >= 15 is 0 Å². The van der Waals surface area contributed by atoms with Gasteiger partial charge in [0.1, 0.15) is 0 Å². The average molecular weight is 396 g/mol. The fraction of sp³-hybridized carbons (Fsp3) is 0.318. The Kier molecular flexibility index (Phi) is 6.52. The summed E-state index contributed by atoms with van der Waals surface area (Å²) in [6.45, 7) is 8.12. The Labute approximate surface area is 170 Å². The largest absolute Gasteiger partial charge is 0.411 e. The smallest absolute Gasteiger partial charge is 0.276 e. The van der Waals surface area contributed by atoms with E-state index in [1.54, 1.807) is 0 Å². The van der Waals surface area contributed by atoms with Gasteiger partial charge in [-0.15, -0.1) is 10.2 Å². The molecule has 0 saturated heterocycles. The van der Waals surface area contributed by atoms with Crippen LogP contribution in [0.3, 0.4) is 0 Å². The number of carbonyl (C=O) groups excluding carboxylic acids is 1. The van der Waals surface area contributed by atoms with Gasteiger partial charge in [-0.05, 0) is 56.9 Å². The zero-order chi connectivity index (χ0) is 20.1. The van der Waals surface area contributed by atoms with Crippen molar-refractivity contribution >= 4 is 23.4 Å². The average Bonchev–Trinajstić information content (AvgIpc) is 3.11. The number of rotatable bonds is 7. The van der Waals surface area contributed by atoms with Crippen molar-refractivity contribution in [2.45, 2.75) is 45.8 Å². The predicted molar refractivity (Wildman–Crippen MR) is 114 cm³/mol. The SMILES string of the molecule is Cc1cc(C)c(NC(=O)CCCSc2nnc(-c3ccccc3C)o2)c(C)c1. The Balaban J connectivity index is 1.48. The van der Waals surface area contributed by atoms with Crippen LogP contribution in [0, 0.1) is 27.7 Å². The number of benzene rings is 2. The number of nitrogens with zero attached hydrogens (tertiary/aromatic N) is 2. The highest BCUT2D eigenvalue weighted by molar-refractivity contribution is 7.99. The summed E-state index contributed by atoms with van der Waals surface area (Å²) in [5, 5.41) is 11.8. The van der Waals surface area contributed by atoms with Crippen molar-refractivity contribution in [1.29, 1.82) is 0 Å². The lowest BCUT2D eigenvalue weighted by Crippen LogP contribution is -2.13. The summed E-state index contributed by atoms with van der Waals surface area (Å²) < 4.78 is 5.74. The van der Waals surface area contributed by atoms with Gasteiger partial charge in [0, 0.05) is 23.4 Å². The second-order valence-corrected chi connectivity index (χ2v) is 8.01. The first kappa shape index (κ1) is 20.1.